The van der Waals surface area contributed by atoms with Gasteiger partial charge in [-0.2, -0.15) is 10.5 Å². The second-order valence-electron chi connectivity index (χ2n) is 15.4. The maximum atomic E-state index is 10.9. The molecule has 60 heavy (non-hydrogen) atoms. The lowest BCUT2D eigenvalue weighted by Gasteiger charge is -2.26. The Bertz CT molecular complexity index is 3380. The maximum absolute atomic E-state index is 10.9. The number of nitriles is 2. The fraction of sp³-hybridized carbons (Fsp3) is 0.0370. The molecule has 6 nitrogen and oxygen atoms in total. The van der Waals surface area contributed by atoms with Crippen molar-refractivity contribution in [1.29, 1.82) is 10.5 Å². The number of nitrogens with zero attached hydrogens (tertiary/aromatic N) is 4. The summed E-state index contributed by atoms with van der Waals surface area (Å²) in [6.45, 7) is 4.20. The molecule has 0 spiro atoms. The zero-order valence-corrected chi connectivity index (χ0v) is 32.8. The second kappa shape index (κ2) is 13.7. The fourth-order valence-corrected chi connectivity index (χ4v) is 8.81. The quantitative estimate of drug-likeness (QED) is 0.167. The summed E-state index contributed by atoms with van der Waals surface area (Å²) in [4.78, 5) is 4.48. The van der Waals surface area contributed by atoms with Crippen LogP contribution in [0.3, 0.4) is 0 Å². The molecule has 0 bridgehead atoms. The molecule has 0 aliphatic rings. The first-order valence-electron chi connectivity index (χ1n) is 19.9. The number of fused-ring (bicyclic) bond motifs is 8. The number of benzene rings is 9. The molecule has 0 aliphatic heterocycles. The Hall–Kier alpha value is -8.32. The van der Waals surface area contributed by atoms with E-state index in [-0.39, 0.29) is 5.56 Å². The SMILES string of the molecule is Cc1cccc(N(c2ccccc2)c2ccc3cc4c(cc3c2)oc2c(C#N)c3oc5cc6cc(N(c7ccccc7)c7cccc(C)c7)ccc6cc5c3c(C#N)c24)c1. The molecule has 11 rings (SSSR count). The Kier molecular flexibility index (Phi) is 7.95. The van der Waals surface area contributed by atoms with Crippen molar-refractivity contribution in [2.24, 2.45) is 0 Å². The average Bonchev–Trinajstić information content (AvgIpc) is 3.82. The molecule has 0 radical (unpaired) electrons. The highest BCUT2D eigenvalue weighted by atomic mass is 16.3. The molecular weight excluding hydrogens is 737 g/mol. The summed E-state index contributed by atoms with van der Waals surface area (Å²) in [5.74, 6) is 0. The Morgan fingerprint density at radius 2 is 0.800 bits per heavy atom. The highest BCUT2D eigenvalue weighted by Gasteiger charge is 2.26. The van der Waals surface area contributed by atoms with Gasteiger partial charge in [0.15, 0.2) is 11.2 Å². The molecule has 0 aliphatic carbocycles. The third kappa shape index (κ3) is 5.55. The maximum Gasteiger partial charge on any atom is 0.158 e. The summed E-state index contributed by atoms with van der Waals surface area (Å²) in [5.41, 5.74) is 11.1. The van der Waals surface area contributed by atoms with Crippen LogP contribution in [0.15, 0.2) is 179 Å². The molecular formula is C54H34N4O2. The van der Waals surface area contributed by atoms with Crippen molar-refractivity contribution in [3.8, 4) is 12.1 Å². The van der Waals surface area contributed by atoms with Crippen LogP contribution >= 0.6 is 0 Å². The fourth-order valence-electron chi connectivity index (χ4n) is 8.81. The smallest absolute Gasteiger partial charge is 0.158 e. The molecule has 6 heteroatoms. The van der Waals surface area contributed by atoms with E-state index < -0.39 is 0 Å². The van der Waals surface area contributed by atoms with Crippen molar-refractivity contribution >= 4 is 99.5 Å². The first-order valence-corrected chi connectivity index (χ1v) is 19.9. The number of hydrogen-bond donors (Lipinski definition) is 0. The van der Waals surface area contributed by atoms with E-state index in [0.29, 0.717) is 38.7 Å². The van der Waals surface area contributed by atoms with Crippen LogP contribution in [0.2, 0.25) is 0 Å². The van der Waals surface area contributed by atoms with Gasteiger partial charge in [0.2, 0.25) is 0 Å². The number of aryl methyl sites for hydroxylation is 2. The van der Waals surface area contributed by atoms with Gasteiger partial charge in [0.05, 0.1) is 5.56 Å². The Morgan fingerprint density at radius 1 is 0.383 bits per heavy atom. The van der Waals surface area contributed by atoms with Gasteiger partial charge in [-0.25, -0.2) is 0 Å². The molecule has 2 heterocycles. The van der Waals surface area contributed by atoms with Gasteiger partial charge in [-0.3, -0.25) is 0 Å². The third-order valence-corrected chi connectivity index (χ3v) is 11.5. The molecule has 0 saturated carbocycles. The summed E-state index contributed by atoms with van der Waals surface area (Å²) in [6.07, 6.45) is 0. The van der Waals surface area contributed by atoms with Crippen molar-refractivity contribution in [2.45, 2.75) is 13.8 Å². The second-order valence-corrected chi connectivity index (χ2v) is 15.4. The predicted octanol–water partition coefficient (Wildman–Crippen LogP) is 15.1. The number of furan rings is 2. The normalized spacial score (nSPS) is 11.5. The van der Waals surface area contributed by atoms with Gasteiger partial charge in [0, 0.05) is 55.7 Å². The van der Waals surface area contributed by atoms with Crippen LogP contribution in [0.5, 0.6) is 0 Å². The van der Waals surface area contributed by atoms with Gasteiger partial charge < -0.3 is 18.6 Å². The van der Waals surface area contributed by atoms with Gasteiger partial charge in [0.1, 0.15) is 28.9 Å². The summed E-state index contributed by atoms with van der Waals surface area (Å²) in [6, 6.07) is 63.4. The van der Waals surface area contributed by atoms with E-state index in [1.807, 2.05) is 48.5 Å². The van der Waals surface area contributed by atoms with Crippen LogP contribution in [0.1, 0.15) is 22.3 Å². The van der Waals surface area contributed by atoms with Crippen molar-refractivity contribution in [1.82, 2.24) is 0 Å². The Balaban J connectivity index is 1.08. The molecule has 0 amide bonds. The van der Waals surface area contributed by atoms with E-state index >= 15 is 0 Å². The van der Waals surface area contributed by atoms with E-state index in [1.165, 1.54) is 11.1 Å². The number of para-hydroxylation sites is 2. The van der Waals surface area contributed by atoms with Gasteiger partial charge in [-0.1, -0.05) is 72.8 Å². The molecule has 0 fully saturated rings. The van der Waals surface area contributed by atoms with Crippen molar-refractivity contribution in [3.63, 3.8) is 0 Å². The van der Waals surface area contributed by atoms with Crippen LogP contribution in [0.25, 0.3) is 65.4 Å². The molecule has 11 aromatic rings. The average molecular weight is 771 g/mol. The molecule has 0 atom stereocenters. The molecule has 0 saturated heterocycles. The summed E-state index contributed by atoms with van der Waals surface area (Å²) in [7, 11) is 0. The standard InChI is InChI=1S/C54H34N4O2/c1-33-11-9-17-41(23-33)57(39-13-5-3-6-14-39)43-21-19-35-27-45-49(29-37(35)25-43)59-53-48(32-56)54-52(47(31-55)51(45)53)46-28-36-20-22-44(26-38(36)30-50(46)60-54)58(40-15-7-4-8-16-40)42-18-10-12-34(2)24-42/h3-30H,1-2H3. The topological polar surface area (TPSA) is 80.3 Å². The van der Waals surface area contributed by atoms with Crippen molar-refractivity contribution < 1.29 is 8.83 Å². The zero-order chi connectivity index (χ0) is 40.5. The Morgan fingerprint density at radius 3 is 1.22 bits per heavy atom. The van der Waals surface area contributed by atoms with Crippen LogP contribution < -0.4 is 9.80 Å². The summed E-state index contributed by atoms with van der Waals surface area (Å²) >= 11 is 0. The minimum Gasteiger partial charge on any atom is -0.454 e. The van der Waals surface area contributed by atoms with E-state index in [1.54, 1.807) is 0 Å². The monoisotopic (exact) mass is 770 g/mol. The van der Waals surface area contributed by atoms with Crippen molar-refractivity contribution in [3.05, 3.63) is 192 Å². The minimum absolute atomic E-state index is 0.269. The van der Waals surface area contributed by atoms with E-state index in [9.17, 15) is 10.5 Å². The third-order valence-electron chi connectivity index (χ3n) is 11.5. The highest BCUT2D eigenvalue weighted by molar-refractivity contribution is 6.24. The van der Waals surface area contributed by atoms with E-state index in [2.05, 4.69) is 157 Å². The predicted molar refractivity (Wildman–Crippen MR) is 244 cm³/mol. The summed E-state index contributed by atoms with van der Waals surface area (Å²) < 4.78 is 13.1. The van der Waals surface area contributed by atoms with Gasteiger partial charge >= 0.3 is 0 Å². The van der Waals surface area contributed by atoms with Gasteiger partial charge in [-0.15, -0.1) is 0 Å². The molecule has 0 N–H and O–H groups in total. The van der Waals surface area contributed by atoms with Crippen LogP contribution in [0.4, 0.5) is 34.1 Å². The van der Waals surface area contributed by atoms with Crippen LogP contribution in [0, 0.1) is 36.5 Å². The molecule has 9 aromatic carbocycles. The largest absolute Gasteiger partial charge is 0.454 e. The molecule has 282 valence electrons. The number of anilines is 6. The van der Waals surface area contributed by atoms with Gasteiger partial charge in [0.25, 0.3) is 0 Å². The first kappa shape index (κ1) is 34.9. The summed E-state index contributed by atoms with van der Waals surface area (Å²) in [5, 5.41) is 28.3. The molecule has 0 unspecified atom stereocenters. The van der Waals surface area contributed by atoms with Crippen LogP contribution in [-0.2, 0) is 0 Å². The lowest BCUT2D eigenvalue weighted by atomic mass is 9.96. The van der Waals surface area contributed by atoms with E-state index in [4.69, 9.17) is 8.83 Å². The number of hydrogen-bond acceptors (Lipinski definition) is 6. The van der Waals surface area contributed by atoms with E-state index in [0.717, 1.165) is 66.4 Å². The number of rotatable bonds is 6. The van der Waals surface area contributed by atoms with Crippen LogP contribution in [-0.4, -0.2) is 0 Å². The first-order chi connectivity index (χ1) is 29.4. The Labute approximate surface area is 345 Å². The molecule has 2 aromatic heterocycles. The minimum atomic E-state index is 0.269. The van der Waals surface area contributed by atoms with Crippen molar-refractivity contribution in [2.75, 3.05) is 9.80 Å². The highest BCUT2D eigenvalue weighted by Crippen LogP contribution is 2.46. The lowest BCUT2D eigenvalue weighted by Crippen LogP contribution is -2.09. The zero-order valence-electron chi connectivity index (χ0n) is 32.8. The van der Waals surface area contributed by atoms with Gasteiger partial charge in [-0.05, 0) is 144 Å². The lowest BCUT2D eigenvalue weighted by molar-refractivity contribution is 0.654.